The van der Waals surface area contributed by atoms with E-state index in [2.05, 4.69) is 10.3 Å². The van der Waals surface area contributed by atoms with Crippen LogP contribution in [0.5, 0.6) is 11.5 Å². The van der Waals surface area contributed by atoms with Crippen LogP contribution in [0.4, 0.5) is 5.13 Å². The molecule has 0 fully saturated rings. The average molecular weight is 409 g/mol. The Morgan fingerprint density at radius 1 is 1.08 bits per heavy atom. The molecule has 1 aromatic heterocycles. The highest BCUT2D eigenvalue weighted by Gasteiger charge is 2.16. The van der Waals surface area contributed by atoms with E-state index in [1.165, 1.54) is 25.6 Å². The molecule has 5 nitrogen and oxygen atoms in total. The first-order chi connectivity index (χ1) is 12.5. The second kappa shape index (κ2) is 7.95. The van der Waals surface area contributed by atoms with Crippen molar-refractivity contribution in [1.29, 1.82) is 0 Å². The molecule has 0 radical (unpaired) electrons. The lowest BCUT2D eigenvalue weighted by atomic mass is 10.1. The largest absolute Gasteiger partial charge is 0.497 e. The molecule has 0 saturated heterocycles. The molecular weight excluding hydrogens is 395 g/mol. The van der Waals surface area contributed by atoms with E-state index in [-0.39, 0.29) is 5.91 Å². The Morgan fingerprint density at radius 2 is 1.88 bits per heavy atom. The Hall–Kier alpha value is -2.28. The first-order valence-corrected chi connectivity index (χ1v) is 9.09. The van der Waals surface area contributed by atoms with Crippen LogP contribution in [-0.2, 0) is 0 Å². The SMILES string of the molecule is COc1ccc(OC)c(C(=O)Nc2nc(-c3ccc(Cl)c(Cl)c3)cs2)c1. The number of benzene rings is 2. The van der Waals surface area contributed by atoms with Gasteiger partial charge in [0.05, 0.1) is 35.5 Å². The fraction of sp³-hybridized carbons (Fsp3) is 0.111. The summed E-state index contributed by atoms with van der Waals surface area (Å²) in [5.74, 6) is 0.673. The Labute approximate surface area is 164 Å². The number of nitrogens with one attached hydrogen (secondary N) is 1. The number of thiazole rings is 1. The summed E-state index contributed by atoms with van der Waals surface area (Å²) >= 11 is 13.3. The van der Waals surface area contributed by atoms with E-state index < -0.39 is 0 Å². The molecule has 0 saturated carbocycles. The predicted molar refractivity (Wildman–Crippen MR) is 105 cm³/mol. The van der Waals surface area contributed by atoms with Crippen LogP contribution in [0, 0.1) is 0 Å². The molecule has 0 aliphatic heterocycles. The van der Waals surface area contributed by atoms with Crippen molar-refractivity contribution in [1.82, 2.24) is 4.98 Å². The van der Waals surface area contributed by atoms with Crippen molar-refractivity contribution in [3.8, 4) is 22.8 Å². The van der Waals surface area contributed by atoms with Crippen LogP contribution >= 0.6 is 34.5 Å². The van der Waals surface area contributed by atoms with Crippen LogP contribution in [0.15, 0.2) is 41.8 Å². The Bertz CT molecular complexity index is 959. The van der Waals surface area contributed by atoms with Gasteiger partial charge in [0.1, 0.15) is 11.5 Å². The summed E-state index contributed by atoms with van der Waals surface area (Å²) in [6.07, 6.45) is 0. The van der Waals surface area contributed by atoms with Crippen LogP contribution in [0.25, 0.3) is 11.3 Å². The van der Waals surface area contributed by atoms with E-state index in [0.717, 1.165) is 5.56 Å². The zero-order valence-corrected chi connectivity index (χ0v) is 16.2. The standard InChI is InChI=1S/C18H14Cl2N2O3S/c1-24-11-4-6-16(25-2)12(8-11)17(23)22-18-21-15(9-26-18)10-3-5-13(19)14(20)7-10/h3-9H,1-2H3,(H,21,22,23). The Kier molecular flexibility index (Phi) is 5.66. The normalized spacial score (nSPS) is 10.5. The fourth-order valence-electron chi connectivity index (χ4n) is 2.28. The van der Waals surface area contributed by atoms with Gasteiger partial charge in [-0.15, -0.1) is 11.3 Å². The molecule has 0 aliphatic carbocycles. The van der Waals surface area contributed by atoms with Crippen LogP contribution in [0.3, 0.4) is 0 Å². The maximum Gasteiger partial charge on any atom is 0.261 e. The van der Waals surface area contributed by atoms with Crippen molar-refractivity contribution in [2.45, 2.75) is 0 Å². The molecule has 3 aromatic rings. The molecule has 0 unspecified atom stereocenters. The highest BCUT2D eigenvalue weighted by molar-refractivity contribution is 7.14. The zero-order chi connectivity index (χ0) is 18.7. The van der Waals surface area contributed by atoms with Crippen LogP contribution in [-0.4, -0.2) is 25.1 Å². The third-order valence-electron chi connectivity index (χ3n) is 3.59. The van der Waals surface area contributed by atoms with Crippen LogP contribution in [0.1, 0.15) is 10.4 Å². The number of methoxy groups -OCH3 is 2. The van der Waals surface area contributed by atoms with Gasteiger partial charge in [0, 0.05) is 10.9 Å². The molecule has 134 valence electrons. The van der Waals surface area contributed by atoms with Gasteiger partial charge in [0.2, 0.25) is 0 Å². The number of nitrogens with zero attached hydrogens (tertiary/aromatic N) is 1. The van der Waals surface area contributed by atoms with Crippen molar-refractivity contribution in [3.05, 3.63) is 57.4 Å². The number of amides is 1. The minimum Gasteiger partial charge on any atom is -0.497 e. The van der Waals surface area contributed by atoms with Gasteiger partial charge >= 0.3 is 0 Å². The molecule has 1 N–H and O–H groups in total. The first kappa shape index (κ1) is 18.5. The van der Waals surface area contributed by atoms with Crippen molar-refractivity contribution in [2.75, 3.05) is 19.5 Å². The number of ether oxygens (including phenoxy) is 2. The number of anilines is 1. The number of aromatic nitrogens is 1. The second-order valence-corrected chi connectivity index (χ2v) is 6.86. The minimum absolute atomic E-state index is 0.337. The fourth-order valence-corrected chi connectivity index (χ4v) is 3.29. The topological polar surface area (TPSA) is 60.5 Å². The van der Waals surface area contributed by atoms with E-state index in [1.54, 1.807) is 30.3 Å². The van der Waals surface area contributed by atoms with Gasteiger partial charge in [-0.1, -0.05) is 29.3 Å². The summed E-state index contributed by atoms with van der Waals surface area (Å²) in [5.41, 5.74) is 1.87. The molecule has 0 atom stereocenters. The summed E-state index contributed by atoms with van der Waals surface area (Å²) in [5, 5.41) is 5.99. The monoisotopic (exact) mass is 408 g/mol. The molecule has 3 rings (SSSR count). The molecular formula is C18H14Cl2N2O3S. The van der Waals surface area contributed by atoms with E-state index in [0.29, 0.717) is 37.9 Å². The highest BCUT2D eigenvalue weighted by Crippen LogP contribution is 2.31. The first-order valence-electron chi connectivity index (χ1n) is 7.46. The smallest absolute Gasteiger partial charge is 0.261 e. The third-order valence-corrected chi connectivity index (χ3v) is 5.09. The van der Waals surface area contributed by atoms with E-state index in [1.807, 2.05) is 11.4 Å². The molecule has 0 aliphatic rings. The Balaban J connectivity index is 1.83. The lowest BCUT2D eigenvalue weighted by molar-refractivity contribution is 0.102. The summed E-state index contributed by atoms with van der Waals surface area (Å²) in [6, 6.07) is 10.3. The highest BCUT2D eigenvalue weighted by atomic mass is 35.5. The zero-order valence-electron chi connectivity index (χ0n) is 13.9. The molecule has 26 heavy (non-hydrogen) atoms. The van der Waals surface area contributed by atoms with Gasteiger partial charge in [-0.05, 0) is 30.3 Å². The van der Waals surface area contributed by atoms with Gasteiger partial charge in [-0.2, -0.15) is 0 Å². The second-order valence-electron chi connectivity index (χ2n) is 5.19. The van der Waals surface area contributed by atoms with Gasteiger partial charge in [-0.25, -0.2) is 4.98 Å². The van der Waals surface area contributed by atoms with Crippen LogP contribution in [0.2, 0.25) is 10.0 Å². The van der Waals surface area contributed by atoms with Crippen molar-refractivity contribution >= 4 is 45.6 Å². The van der Waals surface area contributed by atoms with E-state index in [9.17, 15) is 4.79 Å². The molecule has 1 amide bonds. The maximum absolute atomic E-state index is 12.6. The molecule has 1 heterocycles. The predicted octanol–water partition coefficient (Wildman–Crippen LogP) is 5.39. The number of carbonyl (C=O) groups excluding carboxylic acids is 1. The Morgan fingerprint density at radius 3 is 2.58 bits per heavy atom. The minimum atomic E-state index is -0.337. The van der Waals surface area contributed by atoms with Gasteiger partial charge < -0.3 is 9.47 Å². The molecule has 2 aromatic carbocycles. The number of hydrogen-bond acceptors (Lipinski definition) is 5. The summed E-state index contributed by atoms with van der Waals surface area (Å²) < 4.78 is 10.4. The van der Waals surface area contributed by atoms with E-state index >= 15 is 0 Å². The van der Waals surface area contributed by atoms with Crippen molar-refractivity contribution in [3.63, 3.8) is 0 Å². The van der Waals surface area contributed by atoms with Crippen LogP contribution < -0.4 is 14.8 Å². The quantitative estimate of drug-likeness (QED) is 0.614. The van der Waals surface area contributed by atoms with Gasteiger partial charge in [0.25, 0.3) is 5.91 Å². The lowest BCUT2D eigenvalue weighted by Crippen LogP contribution is -2.13. The maximum atomic E-state index is 12.6. The van der Waals surface area contributed by atoms with Gasteiger partial charge in [0.15, 0.2) is 5.13 Å². The van der Waals surface area contributed by atoms with Gasteiger partial charge in [-0.3, -0.25) is 10.1 Å². The molecule has 8 heteroatoms. The molecule has 0 bridgehead atoms. The average Bonchev–Trinajstić information content (AvgIpc) is 3.11. The number of rotatable bonds is 5. The number of halogens is 2. The van der Waals surface area contributed by atoms with Crippen molar-refractivity contribution < 1.29 is 14.3 Å². The summed E-state index contributed by atoms with van der Waals surface area (Å²) in [6.45, 7) is 0. The number of carbonyl (C=O) groups is 1. The van der Waals surface area contributed by atoms with Crippen molar-refractivity contribution in [2.24, 2.45) is 0 Å². The third kappa shape index (κ3) is 3.93. The summed E-state index contributed by atoms with van der Waals surface area (Å²) in [7, 11) is 3.04. The van der Waals surface area contributed by atoms with E-state index in [4.69, 9.17) is 32.7 Å². The lowest BCUT2D eigenvalue weighted by Gasteiger charge is -2.09. The number of hydrogen-bond donors (Lipinski definition) is 1. The molecule has 0 spiro atoms. The summed E-state index contributed by atoms with van der Waals surface area (Å²) in [4.78, 5) is 17.0.